The van der Waals surface area contributed by atoms with Crippen molar-refractivity contribution in [3.63, 3.8) is 0 Å². The number of hydrogen-bond donors (Lipinski definition) is 1. The van der Waals surface area contributed by atoms with Gasteiger partial charge in [-0.3, -0.25) is 10.00 Å². The summed E-state index contributed by atoms with van der Waals surface area (Å²) in [5.74, 6) is 0.607. The van der Waals surface area contributed by atoms with E-state index in [2.05, 4.69) is 20.1 Å². The number of fused-ring (bicyclic) bond motifs is 2. The van der Waals surface area contributed by atoms with E-state index in [9.17, 15) is 26.3 Å². The maximum Gasteiger partial charge on any atom is 0.416 e. The number of ether oxygens (including phenoxy) is 1. The highest BCUT2D eigenvalue weighted by Gasteiger charge is 2.56. The van der Waals surface area contributed by atoms with Crippen LogP contribution in [0.25, 0.3) is 0 Å². The van der Waals surface area contributed by atoms with E-state index in [1.165, 1.54) is 6.33 Å². The minimum atomic E-state index is -4.90. The molecule has 2 aliphatic heterocycles. The Morgan fingerprint density at radius 1 is 0.946 bits per heavy atom. The molecule has 2 fully saturated rings. The SMILES string of the molecule is Cl.FC(F)(F)c1cc(CO[C@@H]2CC[C@H]3CC[C@]2(c2ccccc2)N3Cc2nc[nH]n2)cc(C(F)(F)F)c1. The van der Waals surface area contributed by atoms with Crippen molar-refractivity contribution in [1.82, 2.24) is 20.1 Å². The average molecular weight is 547 g/mol. The molecular formula is C25H25ClF6N4O. The molecule has 3 heterocycles. The van der Waals surface area contributed by atoms with Crippen LogP contribution >= 0.6 is 12.4 Å². The number of rotatable bonds is 6. The molecule has 5 nitrogen and oxygen atoms in total. The Balaban J connectivity index is 0.00000320. The fraction of sp³-hybridized carbons (Fsp3) is 0.440. The standard InChI is InChI=1S/C25H24F6N4O.ClH/c26-24(27,28)18-10-16(11-19(12-18)25(29,30)31)14-36-21-7-6-20-8-9-23(21,17-4-2-1-3-5-17)35(20)13-22-32-15-33-34-22;/h1-5,10-12,15,20-21H,6-9,13-14H2,(H,32,33,34);1H/t20-,21+,23+;/m0./s1. The van der Waals surface area contributed by atoms with E-state index < -0.39 is 35.1 Å². The first-order valence-electron chi connectivity index (χ1n) is 11.6. The fourth-order valence-electron chi connectivity index (χ4n) is 5.72. The second-order valence-corrected chi connectivity index (χ2v) is 9.32. The largest absolute Gasteiger partial charge is 0.416 e. The molecule has 2 saturated heterocycles. The first kappa shape index (κ1) is 27.4. The van der Waals surface area contributed by atoms with Crippen LogP contribution in [0.3, 0.4) is 0 Å². The lowest BCUT2D eigenvalue weighted by molar-refractivity contribution is -0.143. The number of aromatic nitrogens is 3. The summed E-state index contributed by atoms with van der Waals surface area (Å²) >= 11 is 0. The molecule has 0 spiro atoms. The van der Waals surface area contributed by atoms with Crippen LogP contribution in [0.5, 0.6) is 0 Å². The number of alkyl halides is 6. The summed E-state index contributed by atoms with van der Waals surface area (Å²) < 4.78 is 86.2. The van der Waals surface area contributed by atoms with Gasteiger partial charge in [0.2, 0.25) is 0 Å². The van der Waals surface area contributed by atoms with Crippen molar-refractivity contribution in [2.45, 2.75) is 68.9 Å². The van der Waals surface area contributed by atoms with Gasteiger partial charge in [-0.2, -0.15) is 31.4 Å². The van der Waals surface area contributed by atoms with Crippen molar-refractivity contribution in [2.24, 2.45) is 0 Å². The van der Waals surface area contributed by atoms with Gasteiger partial charge >= 0.3 is 12.4 Å². The van der Waals surface area contributed by atoms with Gasteiger partial charge < -0.3 is 4.74 Å². The van der Waals surface area contributed by atoms with Crippen LogP contribution in [0, 0.1) is 0 Å². The highest BCUT2D eigenvalue weighted by Crippen LogP contribution is 2.52. The normalized spacial score (nSPS) is 24.2. The van der Waals surface area contributed by atoms with Gasteiger partial charge in [0.25, 0.3) is 0 Å². The Labute approximate surface area is 215 Å². The summed E-state index contributed by atoms with van der Waals surface area (Å²) in [5.41, 5.74) is -2.46. The van der Waals surface area contributed by atoms with Crippen molar-refractivity contribution in [3.05, 3.63) is 82.9 Å². The molecule has 2 bridgehead atoms. The van der Waals surface area contributed by atoms with Crippen molar-refractivity contribution < 1.29 is 31.1 Å². The number of H-pyrrole nitrogens is 1. The van der Waals surface area contributed by atoms with Crippen LogP contribution in [0.1, 0.15) is 53.8 Å². The first-order valence-corrected chi connectivity index (χ1v) is 11.6. The summed E-state index contributed by atoms with van der Waals surface area (Å²) in [7, 11) is 0. The van der Waals surface area contributed by atoms with Gasteiger partial charge in [-0.15, -0.1) is 12.4 Å². The van der Waals surface area contributed by atoms with Crippen LogP contribution in [-0.2, 0) is 35.8 Å². The second kappa shape index (κ2) is 10.3. The number of piperidine rings is 1. The minimum Gasteiger partial charge on any atom is -0.371 e. The maximum atomic E-state index is 13.3. The third-order valence-corrected chi connectivity index (χ3v) is 7.26. The zero-order valence-electron chi connectivity index (χ0n) is 19.5. The molecule has 3 aromatic rings. The number of aromatic amines is 1. The Morgan fingerprint density at radius 2 is 1.62 bits per heavy atom. The topological polar surface area (TPSA) is 54.0 Å². The Bertz CT molecular complexity index is 1160. The van der Waals surface area contributed by atoms with E-state index in [0.29, 0.717) is 18.8 Å². The van der Waals surface area contributed by atoms with Crippen molar-refractivity contribution >= 4 is 12.4 Å². The maximum absolute atomic E-state index is 13.3. The van der Waals surface area contributed by atoms with E-state index in [1.807, 2.05) is 30.3 Å². The Kier molecular flexibility index (Phi) is 7.60. The van der Waals surface area contributed by atoms with E-state index in [0.717, 1.165) is 37.0 Å². The Hall–Kier alpha value is -2.63. The molecular weight excluding hydrogens is 522 g/mol. The van der Waals surface area contributed by atoms with Crippen LogP contribution in [0.15, 0.2) is 54.9 Å². The lowest BCUT2D eigenvalue weighted by atomic mass is 9.79. The molecule has 3 atom stereocenters. The molecule has 0 aliphatic carbocycles. The highest BCUT2D eigenvalue weighted by atomic mass is 35.5. The van der Waals surface area contributed by atoms with Gasteiger partial charge in [0.05, 0.1) is 35.9 Å². The van der Waals surface area contributed by atoms with Crippen molar-refractivity contribution in [2.75, 3.05) is 0 Å². The van der Waals surface area contributed by atoms with Gasteiger partial charge in [-0.1, -0.05) is 30.3 Å². The molecule has 1 N–H and O–H groups in total. The molecule has 200 valence electrons. The van der Waals surface area contributed by atoms with Crippen LogP contribution in [0.4, 0.5) is 26.3 Å². The number of nitrogens with one attached hydrogen (secondary N) is 1. The van der Waals surface area contributed by atoms with Crippen LogP contribution in [-0.4, -0.2) is 32.2 Å². The van der Waals surface area contributed by atoms with E-state index in [4.69, 9.17) is 4.74 Å². The van der Waals surface area contributed by atoms with E-state index >= 15 is 0 Å². The molecule has 0 saturated carbocycles. The quantitative estimate of drug-likeness (QED) is 0.358. The van der Waals surface area contributed by atoms with Crippen molar-refractivity contribution in [1.29, 1.82) is 0 Å². The minimum absolute atomic E-state index is 0. The van der Waals surface area contributed by atoms with Gasteiger partial charge in [-0.05, 0) is 55.0 Å². The van der Waals surface area contributed by atoms with Crippen molar-refractivity contribution in [3.8, 4) is 0 Å². The molecule has 37 heavy (non-hydrogen) atoms. The predicted molar refractivity (Wildman–Crippen MR) is 125 cm³/mol. The summed E-state index contributed by atoms with van der Waals surface area (Å²) in [4.78, 5) is 6.54. The average Bonchev–Trinajstić information content (AvgIpc) is 3.43. The molecule has 2 aromatic carbocycles. The zero-order valence-corrected chi connectivity index (χ0v) is 20.3. The number of hydrogen-bond acceptors (Lipinski definition) is 4. The summed E-state index contributed by atoms with van der Waals surface area (Å²) in [5, 5.41) is 6.90. The zero-order chi connectivity index (χ0) is 25.6. The number of benzene rings is 2. The Morgan fingerprint density at radius 3 is 2.22 bits per heavy atom. The molecule has 0 unspecified atom stereocenters. The molecule has 2 aliphatic rings. The van der Waals surface area contributed by atoms with E-state index in [1.54, 1.807) is 0 Å². The monoisotopic (exact) mass is 546 g/mol. The van der Waals surface area contributed by atoms with Crippen LogP contribution in [0.2, 0.25) is 0 Å². The lowest BCUT2D eigenvalue weighted by Gasteiger charge is -2.49. The second-order valence-electron chi connectivity index (χ2n) is 9.32. The van der Waals surface area contributed by atoms with Gasteiger partial charge in [-0.25, -0.2) is 4.98 Å². The molecule has 1 aromatic heterocycles. The summed E-state index contributed by atoms with van der Waals surface area (Å²) in [6, 6.07) is 11.5. The van der Waals surface area contributed by atoms with E-state index in [-0.39, 0.29) is 36.7 Å². The lowest BCUT2D eigenvalue weighted by Crippen LogP contribution is -2.56. The first-order chi connectivity index (χ1) is 17.1. The number of nitrogens with zero attached hydrogens (tertiary/aromatic N) is 3. The van der Waals surface area contributed by atoms with Crippen LogP contribution < -0.4 is 0 Å². The van der Waals surface area contributed by atoms with Gasteiger partial charge in [0, 0.05) is 6.04 Å². The van der Waals surface area contributed by atoms with Gasteiger partial charge in [0.1, 0.15) is 6.33 Å². The fourth-order valence-corrected chi connectivity index (χ4v) is 5.72. The third kappa shape index (κ3) is 5.35. The highest BCUT2D eigenvalue weighted by molar-refractivity contribution is 5.85. The molecule has 5 rings (SSSR count). The summed E-state index contributed by atoms with van der Waals surface area (Å²) in [6.07, 6.45) is -5.70. The number of halogens is 7. The third-order valence-electron chi connectivity index (χ3n) is 7.26. The molecule has 12 heteroatoms. The molecule has 0 radical (unpaired) electrons. The predicted octanol–water partition coefficient (Wildman–Crippen LogP) is 6.50. The smallest absolute Gasteiger partial charge is 0.371 e. The summed E-state index contributed by atoms with van der Waals surface area (Å²) in [6.45, 7) is 0.0795. The molecule has 0 amide bonds. The van der Waals surface area contributed by atoms with Gasteiger partial charge in [0.15, 0.2) is 5.82 Å².